The van der Waals surface area contributed by atoms with E-state index in [1.54, 1.807) is 24.5 Å². The van der Waals surface area contributed by atoms with Gasteiger partial charge in [-0.2, -0.15) is 0 Å². The zero-order chi connectivity index (χ0) is 13.1. The van der Waals surface area contributed by atoms with E-state index in [0.717, 1.165) is 12.2 Å². The third-order valence-electron chi connectivity index (χ3n) is 2.78. The topological polar surface area (TPSA) is 21.3 Å². The lowest BCUT2D eigenvalue weighted by atomic mass is 10.2. The summed E-state index contributed by atoms with van der Waals surface area (Å²) in [6, 6.07) is 6.68. The van der Waals surface area contributed by atoms with Crippen molar-refractivity contribution < 1.29 is 9.13 Å². The fourth-order valence-electron chi connectivity index (χ4n) is 1.86. The van der Waals surface area contributed by atoms with Crippen molar-refractivity contribution in [2.24, 2.45) is 0 Å². The molecule has 0 amide bonds. The van der Waals surface area contributed by atoms with Crippen LogP contribution in [-0.2, 0) is 6.54 Å². The van der Waals surface area contributed by atoms with Gasteiger partial charge in [-0.15, -0.1) is 11.3 Å². The lowest BCUT2D eigenvalue weighted by Gasteiger charge is -2.11. The van der Waals surface area contributed by atoms with Crippen LogP contribution in [0.5, 0.6) is 5.75 Å². The Morgan fingerprint density at radius 3 is 2.67 bits per heavy atom. The zero-order valence-electron chi connectivity index (χ0n) is 10.7. The van der Waals surface area contributed by atoms with Crippen LogP contribution >= 0.6 is 11.3 Å². The third-order valence-corrected chi connectivity index (χ3v) is 3.78. The van der Waals surface area contributed by atoms with Crippen molar-refractivity contribution in [3.05, 3.63) is 45.4 Å². The molecule has 1 aromatic heterocycles. The highest BCUT2D eigenvalue weighted by molar-refractivity contribution is 7.12. The summed E-state index contributed by atoms with van der Waals surface area (Å²) in [5, 5.41) is 3.28. The number of ether oxygens (including phenoxy) is 1. The summed E-state index contributed by atoms with van der Waals surface area (Å²) in [5.74, 6) is 0.236. The average Bonchev–Trinajstić information content (AvgIpc) is 2.66. The Labute approximate surface area is 110 Å². The first kappa shape index (κ1) is 12.9. The van der Waals surface area contributed by atoms with Gasteiger partial charge in [0.05, 0.1) is 12.8 Å². The van der Waals surface area contributed by atoms with Crippen LogP contribution in [0.25, 0.3) is 0 Å². The van der Waals surface area contributed by atoms with E-state index < -0.39 is 0 Å². The van der Waals surface area contributed by atoms with Crippen LogP contribution in [-0.4, -0.2) is 7.11 Å². The normalized spacial score (nSPS) is 10.4. The van der Waals surface area contributed by atoms with E-state index in [1.807, 2.05) is 0 Å². The van der Waals surface area contributed by atoms with E-state index >= 15 is 0 Å². The number of thiophene rings is 1. The summed E-state index contributed by atoms with van der Waals surface area (Å²) < 4.78 is 18.2. The summed E-state index contributed by atoms with van der Waals surface area (Å²) in [6.45, 7) is 4.92. The maximum Gasteiger partial charge on any atom is 0.144 e. The molecule has 1 N–H and O–H groups in total. The zero-order valence-corrected chi connectivity index (χ0v) is 11.5. The molecule has 2 rings (SSSR count). The monoisotopic (exact) mass is 265 g/mol. The fourth-order valence-corrected chi connectivity index (χ4v) is 2.81. The Morgan fingerprint density at radius 1 is 1.28 bits per heavy atom. The molecule has 4 heteroatoms. The van der Waals surface area contributed by atoms with E-state index in [0.29, 0.717) is 5.75 Å². The summed E-state index contributed by atoms with van der Waals surface area (Å²) in [7, 11) is 1.54. The molecule has 0 fully saturated rings. The molecular weight excluding hydrogens is 249 g/mol. The van der Waals surface area contributed by atoms with Crippen molar-refractivity contribution in [2.45, 2.75) is 20.4 Å². The number of anilines is 1. The number of hydrogen-bond acceptors (Lipinski definition) is 3. The summed E-state index contributed by atoms with van der Waals surface area (Å²) in [4.78, 5) is 2.61. The molecule has 0 aliphatic rings. The van der Waals surface area contributed by atoms with Crippen molar-refractivity contribution >= 4 is 17.0 Å². The van der Waals surface area contributed by atoms with Gasteiger partial charge in [-0.1, -0.05) is 0 Å². The molecule has 0 spiro atoms. The predicted octanol–water partition coefficient (Wildman–Crippen LogP) is 4.12. The molecule has 96 valence electrons. The molecule has 0 radical (unpaired) electrons. The van der Waals surface area contributed by atoms with Gasteiger partial charge in [0.25, 0.3) is 0 Å². The Morgan fingerprint density at radius 2 is 2.06 bits per heavy atom. The van der Waals surface area contributed by atoms with Gasteiger partial charge in [0.15, 0.2) is 0 Å². The van der Waals surface area contributed by atoms with Crippen LogP contribution < -0.4 is 10.1 Å². The number of rotatable bonds is 4. The Balaban J connectivity index is 2.13. The summed E-state index contributed by atoms with van der Waals surface area (Å²) in [6.07, 6.45) is 0. The first-order valence-corrected chi connectivity index (χ1v) is 6.55. The molecule has 1 heterocycles. The third kappa shape index (κ3) is 2.82. The molecule has 0 saturated carbocycles. The van der Waals surface area contributed by atoms with Gasteiger partial charge in [-0.3, -0.25) is 0 Å². The highest BCUT2D eigenvalue weighted by Gasteiger charge is 2.06. The van der Waals surface area contributed by atoms with Gasteiger partial charge in [-0.05, 0) is 37.6 Å². The molecule has 0 aliphatic heterocycles. The van der Waals surface area contributed by atoms with Crippen LogP contribution in [0.4, 0.5) is 10.1 Å². The largest absolute Gasteiger partial charge is 0.494 e. The molecule has 1 aromatic carbocycles. The van der Waals surface area contributed by atoms with Crippen molar-refractivity contribution in [3.8, 4) is 5.75 Å². The molecule has 0 aliphatic carbocycles. The maximum absolute atomic E-state index is 13.1. The van der Waals surface area contributed by atoms with E-state index in [-0.39, 0.29) is 5.82 Å². The van der Waals surface area contributed by atoms with Gasteiger partial charge >= 0.3 is 0 Å². The van der Waals surface area contributed by atoms with Crippen molar-refractivity contribution in [3.63, 3.8) is 0 Å². The fraction of sp³-hybridized carbons (Fsp3) is 0.286. The minimum absolute atomic E-state index is 0.292. The minimum atomic E-state index is -0.292. The van der Waals surface area contributed by atoms with Crippen LogP contribution in [0.15, 0.2) is 24.3 Å². The number of nitrogens with one attached hydrogen (secondary N) is 1. The predicted molar refractivity (Wildman–Crippen MR) is 74.1 cm³/mol. The number of hydrogen-bond donors (Lipinski definition) is 1. The number of halogens is 1. The van der Waals surface area contributed by atoms with E-state index in [2.05, 4.69) is 25.2 Å². The van der Waals surface area contributed by atoms with Crippen molar-refractivity contribution in [2.75, 3.05) is 12.4 Å². The SMILES string of the molecule is COc1cc(F)ccc1NCc1cc(C)sc1C. The molecule has 0 atom stereocenters. The summed E-state index contributed by atoms with van der Waals surface area (Å²) >= 11 is 1.79. The van der Waals surface area contributed by atoms with E-state index in [1.165, 1.54) is 27.5 Å². The van der Waals surface area contributed by atoms with Crippen LogP contribution in [0.3, 0.4) is 0 Å². The van der Waals surface area contributed by atoms with Gasteiger partial charge in [0.2, 0.25) is 0 Å². The van der Waals surface area contributed by atoms with Crippen molar-refractivity contribution in [1.29, 1.82) is 0 Å². The second-order valence-electron chi connectivity index (χ2n) is 4.14. The molecule has 0 unspecified atom stereocenters. The molecule has 2 nitrogen and oxygen atoms in total. The number of benzene rings is 1. The first-order chi connectivity index (χ1) is 8.60. The Bertz CT molecular complexity index is 551. The van der Waals surface area contributed by atoms with Crippen LogP contribution in [0.2, 0.25) is 0 Å². The highest BCUT2D eigenvalue weighted by atomic mass is 32.1. The Hall–Kier alpha value is -1.55. The van der Waals surface area contributed by atoms with E-state index in [9.17, 15) is 4.39 Å². The maximum atomic E-state index is 13.1. The molecule has 0 saturated heterocycles. The van der Waals surface area contributed by atoms with Gasteiger partial charge in [0.1, 0.15) is 11.6 Å². The van der Waals surface area contributed by atoms with Crippen LogP contribution in [0.1, 0.15) is 15.3 Å². The average molecular weight is 265 g/mol. The van der Waals surface area contributed by atoms with Crippen LogP contribution in [0, 0.1) is 19.7 Å². The number of aryl methyl sites for hydroxylation is 2. The number of methoxy groups -OCH3 is 1. The van der Waals surface area contributed by atoms with Gasteiger partial charge in [-0.25, -0.2) is 4.39 Å². The van der Waals surface area contributed by atoms with Gasteiger partial charge < -0.3 is 10.1 Å². The Kier molecular flexibility index (Phi) is 3.87. The molecule has 2 aromatic rings. The molecule has 0 bridgehead atoms. The van der Waals surface area contributed by atoms with Gasteiger partial charge in [0, 0.05) is 22.4 Å². The second-order valence-corrected chi connectivity index (χ2v) is 5.60. The molecule has 18 heavy (non-hydrogen) atoms. The molecular formula is C14H16FNOS. The standard InChI is InChI=1S/C14H16FNOS/c1-9-6-11(10(2)18-9)8-16-13-5-4-12(15)7-14(13)17-3/h4-7,16H,8H2,1-3H3. The highest BCUT2D eigenvalue weighted by Crippen LogP contribution is 2.27. The van der Waals surface area contributed by atoms with Crippen molar-refractivity contribution in [1.82, 2.24) is 0 Å². The lowest BCUT2D eigenvalue weighted by Crippen LogP contribution is -2.01. The minimum Gasteiger partial charge on any atom is -0.494 e. The smallest absolute Gasteiger partial charge is 0.144 e. The quantitative estimate of drug-likeness (QED) is 0.897. The first-order valence-electron chi connectivity index (χ1n) is 5.73. The second kappa shape index (κ2) is 5.40. The summed E-state index contributed by atoms with van der Waals surface area (Å²) in [5.41, 5.74) is 2.08. The lowest BCUT2D eigenvalue weighted by molar-refractivity contribution is 0.413. The van der Waals surface area contributed by atoms with E-state index in [4.69, 9.17) is 4.74 Å².